The molecular weight excluding hydrogens is 348 g/mol. The van der Waals surface area contributed by atoms with E-state index < -0.39 is 5.97 Å². The molecule has 27 heavy (non-hydrogen) atoms. The molecule has 1 amide bonds. The van der Waals surface area contributed by atoms with Gasteiger partial charge in [-0.2, -0.15) is 0 Å². The van der Waals surface area contributed by atoms with Crippen molar-refractivity contribution in [1.29, 1.82) is 0 Å². The van der Waals surface area contributed by atoms with Gasteiger partial charge in [0.1, 0.15) is 5.75 Å². The molecule has 3 rings (SSSR count). The number of rotatable bonds is 6. The fraction of sp³-hybridized carbons (Fsp3) is 0.600. The molecule has 1 aromatic carbocycles. The van der Waals surface area contributed by atoms with Crippen molar-refractivity contribution >= 4 is 11.9 Å². The van der Waals surface area contributed by atoms with Crippen LogP contribution in [0.3, 0.4) is 0 Å². The zero-order chi connectivity index (χ0) is 19.2. The Morgan fingerprint density at radius 3 is 2.48 bits per heavy atom. The molecule has 2 fully saturated rings. The molecular formula is C20H28N2O5. The number of hydrogen-bond acceptors (Lipinski definition) is 5. The van der Waals surface area contributed by atoms with Crippen molar-refractivity contribution in [2.45, 2.75) is 31.7 Å². The number of likely N-dealkylation sites (tertiary alicyclic amines) is 1. The fourth-order valence-electron chi connectivity index (χ4n) is 4.13. The normalized spacial score (nSPS) is 23.9. The lowest BCUT2D eigenvalue weighted by atomic mass is 9.86. The average molecular weight is 376 g/mol. The Balaban J connectivity index is 1.63. The molecule has 2 atom stereocenters. The van der Waals surface area contributed by atoms with Crippen molar-refractivity contribution in [3.8, 4) is 5.75 Å². The highest BCUT2D eigenvalue weighted by Gasteiger charge is 2.35. The van der Waals surface area contributed by atoms with Gasteiger partial charge in [-0.1, -0.05) is 12.1 Å². The summed E-state index contributed by atoms with van der Waals surface area (Å²) in [4.78, 5) is 28.1. The Kier molecular flexibility index (Phi) is 6.68. The summed E-state index contributed by atoms with van der Waals surface area (Å²) in [6.45, 7) is 4.47. The number of aliphatic carboxylic acids is 1. The van der Waals surface area contributed by atoms with Crippen LogP contribution in [0.15, 0.2) is 24.3 Å². The number of carbonyl (C=O) groups excluding carboxylic acids is 1. The SMILES string of the molecule is O=C(O)CCC1CN(C(=O)Cc2ccc(O)cc2)CCC1N1CCOCC1. The summed E-state index contributed by atoms with van der Waals surface area (Å²) in [5, 5.41) is 18.5. The second kappa shape index (κ2) is 9.19. The third-order valence-corrected chi connectivity index (χ3v) is 5.58. The van der Waals surface area contributed by atoms with Crippen molar-refractivity contribution in [3.05, 3.63) is 29.8 Å². The number of amides is 1. The van der Waals surface area contributed by atoms with Crippen LogP contribution in [0.5, 0.6) is 5.75 Å². The maximum Gasteiger partial charge on any atom is 0.303 e. The highest BCUT2D eigenvalue weighted by molar-refractivity contribution is 5.79. The van der Waals surface area contributed by atoms with Gasteiger partial charge >= 0.3 is 5.97 Å². The highest BCUT2D eigenvalue weighted by atomic mass is 16.5. The number of carbonyl (C=O) groups is 2. The van der Waals surface area contributed by atoms with E-state index in [2.05, 4.69) is 4.90 Å². The van der Waals surface area contributed by atoms with Gasteiger partial charge in [-0.05, 0) is 36.5 Å². The molecule has 0 aromatic heterocycles. The van der Waals surface area contributed by atoms with Crippen LogP contribution in [0.1, 0.15) is 24.8 Å². The smallest absolute Gasteiger partial charge is 0.303 e. The van der Waals surface area contributed by atoms with Gasteiger partial charge in [-0.3, -0.25) is 14.5 Å². The van der Waals surface area contributed by atoms with Gasteiger partial charge < -0.3 is 19.8 Å². The van der Waals surface area contributed by atoms with Gasteiger partial charge in [-0.15, -0.1) is 0 Å². The zero-order valence-electron chi connectivity index (χ0n) is 15.5. The van der Waals surface area contributed by atoms with Gasteiger partial charge in [0.25, 0.3) is 0 Å². The minimum absolute atomic E-state index is 0.0569. The molecule has 0 radical (unpaired) electrons. The van der Waals surface area contributed by atoms with Gasteiger partial charge in [0.15, 0.2) is 0 Å². The number of carboxylic acid groups (broad SMARTS) is 1. The van der Waals surface area contributed by atoms with E-state index >= 15 is 0 Å². The molecule has 2 heterocycles. The van der Waals surface area contributed by atoms with Gasteiger partial charge in [0.05, 0.1) is 19.6 Å². The number of nitrogens with zero attached hydrogens (tertiary/aromatic N) is 2. The van der Waals surface area contributed by atoms with Crippen LogP contribution >= 0.6 is 0 Å². The van der Waals surface area contributed by atoms with Gasteiger partial charge in [0.2, 0.25) is 5.91 Å². The molecule has 0 spiro atoms. The summed E-state index contributed by atoms with van der Waals surface area (Å²) in [7, 11) is 0. The van der Waals surface area contributed by atoms with E-state index in [4.69, 9.17) is 9.84 Å². The first-order valence-corrected chi connectivity index (χ1v) is 9.62. The molecule has 2 unspecified atom stereocenters. The van der Waals surface area contributed by atoms with Crippen LogP contribution in [-0.4, -0.2) is 77.3 Å². The average Bonchev–Trinajstić information content (AvgIpc) is 2.68. The molecule has 148 valence electrons. The van der Waals surface area contributed by atoms with E-state index in [1.165, 1.54) is 0 Å². The fourth-order valence-corrected chi connectivity index (χ4v) is 4.13. The Hall–Kier alpha value is -2.12. The molecule has 2 aliphatic rings. The number of piperidine rings is 1. The molecule has 0 aliphatic carbocycles. The molecule has 1 aromatic rings. The summed E-state index contributed by atoms with van der Waals surface area (Å²) in [6.07, 6.45) is 1.88. The summed E-state index contributed by atoms with van der Waals surface area (Å²) in [5.74, 6) is -0.382. The van der Waals surface area contributed by atoms with Crippen molar-refractivity contribution in [1.82, 2.24) is 9.80 Å². The van der Waals surface area contributed by atoms with E-state index in [9.17, 15) is 14.7 Å². The monoisotopic (exact) mass is 376 g/mol. The number of benzene rings is 1. The Bertz CT molecular complexity index is 642. The Labute approximate surface area is 159 Å². The summed E-state index contributed by atoms with van der Waals surface area (Å²) >= 11 is 0. The maximum absolute atomic E-state index is 12.7. The van der Waals surface area contributed by atoms with E-state index in [-0.39, 0.29) is 24.0 Å². The molecule has 2 N–H and O–H groups in total. The van der Waals surface area contributed by atoms with Crippen LogP contribution in [-0.2, 0) is 20.7 Å². The van der Waals surface area contributed by atoms with E-state index in [1.54, 1.807) is 24.3 Å². The van der Waals surface area contributed by atoms with E-state index in [1.807, 2.05) is 4.90 Å². The number of morpholine rings is 1. The van der Waals surface area contributed by atoms with Crippen LogP contribution in [0, 0.1) is 5.92 Å². The summed E-state index contributed by atoms with van der Waals surface area (Å²) in [5.41, 5.74) is 0.871. The number of phenolic OH excluding ortho intramolecular Hbond substituents is 1. The number of carboxylic acids is 1. The maximum atomic E-state index is 12.7. The summed E-state index contributed by atoms with van der Waals surface area (Å²) < 4.78 is 5.44. The predicted octanol–water partition coefficient (Wildman–Crippen LogP) is 1.35. The standard InChI is InChI=1S/C20H28N2O5/c23-17-4-1-15(2-5-17)13-19(24)22-8-7-18(21-9-11-27-12-10-21)16(14-22)3-6-20(25)26/h1-2,4-5,16,18,23H,3,6-14H2,(H,25,26). The van der Waals surface area contributed by atoms with Crippen molar-refractivity contribution in [2.24, 2.45) is 5.92 Å². The summed E-state index contributed by atoms with van der Waals surface area (Å²) in [6, 6.07) is 7.00. The van der Waals surface area contributed by atoms with Crippen molar-refractivity contribution in [2.75, 3.05) is 39.4 Å². The van der Waals surface area contributed by atoms with Crippen molar-refractivity contribution < 1.29 is 24.5 Å². The molecule has 7 heteroatoms. The van der Waals surface area contributed by atoms with Crippen LogP contribution in [0.25, 0.3) is 0 Å². The Morgan fingerprint density at radius 2 is 1.81 bits per heavy atom. The highest BCUT2D eigenvalue weighted by Crippen LogP contribution is 2.27. The van der Waals surface area contributed by atoms with Crippen LogP contribution in [0.2, 0.25) is 0 Å². The van der Waals surface area contributed by atoms with Crippen LogP contribution < -0.4 is 0 Å². The lowest BCUT2D eigenvalue weighted by molar-refractivity contribution is -0.138. The molecule has 7 nitrogen and oxygen atoms in total. The number of hydrogen-bond donors (Lipinski definition) is 2. The van der Waals surface area contributed by atoms with E-state index in [0.29, 0.717) is 45.2 Å². The predicted molar refractivity (Wildman–Crippen MR) is 99.5 cm³/mol. The zero-order valence-corrected chi connectivity index (χ0v) is 15.5. The lowest BCUT2D eigenvalue weighted by Crippen LogP contribution is -2.55. The van der Waals surface area contributed by atoms with E-state index in [0.717, 1.165) is 25.1 Å². The first kappa shape index (κ1) is 19.6. The van der Waals surface area contributed by atoms with Crippen LogP contribution in [0.4, 0.5) is 0 Å². The number of phenols is 1. The lowest BCUT2D eigenvalue weighted by Gasteiger charge is -2.45. The third kappa shape index (κ3) is 5.43. The second-order valence-corrected chi connectivity index (χ2v) is 7.38. The van der Waals surface area contributed by atoms with Gasteiger partial charge in [0, 0.05) is 38.6 Å². The molecule has 2 saturated heterocycles. The first-order valence-electron chi connectivity index (χ1n) is 9.62. The van der Waals surface area contributed by atoms with Crippen molar-refractivity contribution in [3.63, 3.8) is 0 Å². The van der Waals surface area contributed by atoms with Gasteiger partial charge in [-0.25, -0.2) is 0 Å². The number of ether oxygens (including phenoxy) is 1. The number of aromatic hydroxyl groups is 1. The largest absolute Gasteiger partial charge is 0.508 e. The Morgan fingerprint density at radius 1 is 1.11 bits per heavy atom. The minimum atomic E-state index is -0.789. The molecule has 2 aliphatic heterocycles. The molecule has 0 saturated carbocycles. The first-order chi connectivity index (χ1) is 13.0. The topological polar surface area (TPSA) is 90.3 Å². The molecule has 0 bridgehead atoms. The third-order valence-electron chi connectivity index (χ3n) is 5.58. The minimum Gasteiger partial charge on any atom is -0.508 e. The second-order valence-electron chi connectivity index (χ2n) is 7.38. The quantitative estimate of drug-likeness (QED) is 0.779.